The Bertz CT molecular complexity index is 350. The lowest BCUT2D eigenvalue weighted by Crippen LogP contribution is -2.27. The lowest BCUT2D eigenvalue weighted by atomic mass is 10.2. The van der Waals surface area contributed by atoms with Crippen molar-refractivity contribution >= 4 is 5.91 Å². The maximum absolute atomic E-state index is 11.9. The van der Waals surface area contributed by atoms with E-state index in [1.54, 1.807) is 6.20 Å². The second kappa shape index (κ2) is 4.04. The Morgan fingerprint density at radius 1 is 1.47 bits per heavy atom. The number of hydrogen-bond donors (Lipinski definition) is 1. The van der Waals surface area contributed by atoms with Gasteiger partial charge in [0.05, 0.1) is 6.20 Å². The van der Waals surface area contributed by atoms with Gasteiger partial charge in [-0.05, 0) is 12.8 Å². The summed E-state index contributed by atoms with van der Waals surface area (Å²) in [5.41, 5.74) is 0.626. The van der Waals surface area contributed by atoms with Crippen LogP contribution in [-0.2, 0) is 0 Å². The number of hydrogen-bond acceptors (Lipinski definition) is 2. The molecule has 0 spiro atoms. The van der Waals surface area contributed by atoms with Crippen LogP contribution >= 0.6 is 0 Å². The van der Waals surface area contributed by atoms with E-state index in [2.05, 4.69) is 23.8 Å². The standard InChI is InChI=1S/C11H17N3O/c1-8(2)10-12-7-9(13-10)11(15)14-5-3-4-6-14/h7-8H,3-6H2,1-2H3,(H,12,13). The van der Waals surface area contributed by atoms with Crippen LogP contribution in [0.15, 0.2) is 6.20 Å². The first-order chi connectivity index (χ1) is 7.18. The van der Waals surface area contributed by atoms with Crippen molar-refractivity contribution in [2.24, 2.45) is 0 Å². The zero-order valence-corrected chi connectivity index (χ0v) is 9.29. The van der Waals surface area contributed by atoms with Gasteiger partial charge in [0, 0.05) is 19.0 Å². The predicted molar refractivity (Wildman–Crippen MR) is 57.8 cm³/mol. The monoisotopic (exact) mass is 207 g/mol. The molecule has 0 aromatic carbocycles. The third-order valence-electron chi connectivity index (χ3n) is 2.77. The maximum Gasteiger partial charge on any atom is 0.271 e. The highest BCUT2D eigenvalue weighted by Crippen LogP contribution is 2.14. The zero-order chi connectivity index (χ0) is 10.8. The Morgan fingerprint density at radius 3 is 2.67 bits per heavy atom. The van der Waals surface area contributed by atoms with Gasteiger partial charge in [0.25, 0.3) is 5.91 Å². The van der Waals surface area contributed by atoms with E-state index < -0.39 is 0 Å². The molecule has 1 N–H and O–H groups in total. The summed E-state index contributed by atoms with van der Waals surface area (Å²) in [6.45, 7) is 5.88. The fourth-order valence-electron chi connectivity index (χ4n) is 1.83. The van der Waals surface area contributed by atoms with E-state index in [0.717, 1.165) is 31.8 Å². The maximum atomic E-state index is 11.9. The van der Waals surface area contributed by atoms with Crippen molar-refractivity contribution in [3.05, 3.63) is 17.7 Å². The van der Waals surface area contributed by atoms with E-state index in [4.69, 9.17) is 0 Å². The van der Waals surface area contributed by atoms with E-state index in [1.807, 2.05) is 4.90 Å². The topological polar surface area (TPSA) is 49.0 Å². The van der Waals surface area contributed by atoms with Crippen LogP contribution in [0.2, 0.25) is 0 Å². The number of aromatic nitrogens is 2. The van der Waals surface area contributed by atoms with Crippen LogP contribution in [0.1, 0.15) is 48.9 Å². The van der Waals surface area contributed by atoms with E-state index in [-0.39, 0.29) is 5.91 Å². The minimum absolute atomic E-state index is 0.0897. The third kappa shape index (κ3) is 2.03. The normalized spacial score (nSPS) is 16.3. The molecule has 2 rings (SSSR count). The van der Waals surface area contributed by atoms with Crippen LogP contribution in [0.3, 0.4) is 0 Å². The van der Waals surface area contributed by atoms with Gasteiger partial charge in [0.1, 0.15) is 11.5 Å². The summed E-state index contributed by atoms with van der Waals surface area (Å²) in [6, 6.07) is 0. The number of likely N-dealkylation sites (tertiary alicyclic amines) is 1. The van der Waals surface area contributed by atoms with Gasteiger partial charge in [-0.15, -0.1) is 0 Å². The molecule has 4 nitrogen and oxygen atoms in total. The molecule has 2 heterocycles. The van der Waals surface area contributed by atoms with Gasteiger partial charge >= 0.3 is 0 Å². The first-order valence-electron chi connectivity index (χ1n) is 5.52. The van der Waals surface area contributed by atoms with Crippen molar-refractivity contribution in [1.82, 2.24) is 14.9 Å². The highest BCUT2D eigenvalue weighted by molar-refractivity contribution is 5.92. The molecule has 15 heavy (non-hydrogen) atoms. The van der Waals surface area contributed by atoms with Crippen molar-refractivity contribution in [3.63, 3.8) is 0 Å². The molecular weight excluding hydrogens is 190 g/mol. The number of nitrogens with zero attached hydrogens (tertiary/aromatic N) is 2. The van der Waals surface area contributed by atoms with Crippen LogP contribution in [0, 0.1) is 0 Å². The van der Waals surface area contributed by atoms with Crippen molar-refractivity contribution < 1.29 is 4.79 Å². The summed E-state index contributed by atoms with van der Waals surface area (Å²) >= 11 is 0. The first-order valence-corrected chi connectivity index (χ1v) is 5.52. The predicted octanol–water partition coefficient (Wildman–Crippen LogP) is 1.77. The van der Waals surface area contributed by atoms with E-state index >= 15 is 0 Å². The average molecular weight is 207 g/mol. The molecule has 0 radical (unpaired) electrons. The van der Waals surface area contributed by atoms with Gasteiger partial charge < -0.3 is 9.88 Å². The molecule has 1 fully saturated rings. The summed E-state index contributed by atoms with van der Waals surface area (Å²) in [5.74, 6) is 1.31. The number of rotatable bonds is 2. The van der Waals surface area contributed by atoms with Crippen molar-refractivity contribution in [3.8, 4) is 0 Å². The first kappa shape index (κ1) is 10.2. The lowest BCUT2D eigenvalue weighted by Gasteiger charge is -2.13. The Labute approximate surface area is 89.7 Å². The SMILES string of the molecule is CC(C)c1ncc(C(=O)N2CCCC2)[nH]1. The summed E-state index contributed by atoms with van der Waals surface area (Å²) in [7, 11) is 0. The lowest BCUT2D eigenvalue weighted by molar-refractivity contribution is 0.0787. The fraction of sp³-hybridized carbons (Fsp3) is 0.636. The zero-order valence-electron chi connectivity index (χ0n) is 9.29. The second-order valence-corrected chi connectivity index (χ2v) is 4.34. The molecule has 82 valence electrons. The number of aromatic amines is 1. The van der Waals surface area contributed by atoms with Crippen LogP contribution in [0.4, 0.5) is 0 Å². The number of H-pyrrole nitrogens is 1. The van der Waals surface area contributed by atoms with Crippen LogP contribution in [0.25, 0.3) is 0 Å². The van der Waals surface area contributed by atoms with Gasteiger partial charge in [-0.1, -0.05) is 13.8 Å². The molecule has 0 bridgehead atoms. The minimum Gasteiger partial charge on any atom is -0.338 e. The van der Waals surface area contributed by atoms with Gasteiger partial charge in [0.15, 0.2) is 0 Å². The summed E-state index contributed by atoms with van der Waals surface area (Å²) in [6.07, 6.45) is 3.89. The Balaban J connectivity index is 2.11. The Morgan fingerprint density at radius 2 is 2.13 bits per heavy atom. The molecule has 1 amide bonds. The molecular formula is C11H17N3O. The average Bonchev–Trinajstić information content (AvgIpc) is 2.88. The molecule has 0 saturated carbocycles. The van der Waals surface area contributed by atoms with Crippen molar-refractivity contribution in [1.29, 1.82) is 0 Å². The smallest absolute Gasteiger partial charge is 0.271 e. The van der Waals surface area contributed by atoms with Crippen LogP contribution in [0.5, 0.6) is 0 Å². The molecule has 0 unspecified atom stereocenters. The van der Waals surface area contributed by atoms with Gasteiger partial charge in [-0.2, -0.15) is 0 Å². The van der Waals surface area contributed by atoms with Crippen molar-refractivity contribution in [2.45, 2.75) is 32.6 Å². The summed E-state index contributed by atoms with van der Waals surface area (Å²) in [4.78, 5) is 21.1. The third-order valence-corrected chi connectivity index (χ3v) is 2.77. The number of carbonyl (C=O) groups is 1. The number of amides is 1. The molecule has 0 atom stereocenters. The second-order valence-electron chi connectivity index (χ2n) is 4.34. The summed E-state index contributed by atoms with van der Waals surface area (Å²) in [5, 5.41) is 0. The quantitative estimate of drug-likeness (QED) is 0.803. The van der Waals surface area contributed by atoms with E-state index in [0.29, 0.717) is 11.6 Å². The van der Waals surface area contributed by atoms with Crippen LogP contribution in [-0.4, -0.2) is 33.9 Å². The number of nitrogens with one attached hydrogen (secondary N) is 1. The number of imidazole rings is 1. The molecule has 1 aliphatic heterocycles. The van der Waals surface area contributed by atoms with Crippen molar-refractivity contribution in [2.75, 3.05) is 13.1 Å². The highest BCUT2D eigenvalue weighted by atomic mass is 16.2. The Hall–Kier alpha value is -1.32. The van der Waals surface area contributed by atoms with E-state index in [1.165, 1.54) is 0 Å². The highest BCUT2D eigenvalue weighted by Gasteiger charge is 2.21. The fourth-order valence-corrected chi connectivity index (χ4v) is 1.83. The minimum atomic E-state index is 0.0897. The molecule has 1 aromatic rings. The molecule has 1 saturated heterocycles. The largest absolute Gasteiger partial charge is 0.338 e. The molecule has 1 aliphatic rings. The van der Waals surface area contributed by atoms with E-state index in [9.17, 15) is 4.79 Å². The molecule has 4 heteroatoms. The van der Waals surface area contributed by atoms with Gasteiger partial charge in [-0.3, -0.25) is 4.79 Å². The number of carbonyl (C=O) groups excluding carboxylic acids is 1. The van der Waals surface area contributed by atoms with Crippen LogP contribution < -0.4 is 0 Å². The summed E-state index contributed by atoms with van der Waals surface area (Å²) < 4.78 is 0. The van der Waals surface area contributed by atoms with Gasteiger partial charge in [-0.25, -0.2) is 4.98 Å². The molecule has 0 aliphatic carbocycles. The Kier molecular flexibility index (Phi) is 2.75. The molecule has 1 aromatic heterocycles. The van der Waals surface area contributed by atoms with Gasteiger partial charge in [0.2, 0.25) is 0 Å².